The van der Waals surface area contributed by atoms with Crippen molar-refractivity contribution in [2.45, 2.75) is 33.2 Å². The number of rotatable bonds is 6. The first-order chi connectivity index (χ1) is 13.0. The number of hydrogen-bond acceptors (Lipinski definition) is 2. The van der Waals surface area contributed by atoms with E-state index >= 15 is 0 Å². The van der Waals surface area contributed by atoms with E-state index < -0.39 is 0 Å². The van der Waals surface area contributed by atoms with Gasteiger partial charge in [-0.05, 0) is 35.6 Å². The third kappa shape index (κ3) is 5.42. The van der Waals surface area contributed by atoms with Crippen LogP contribution >= 0.6 is 0 Å². The second kappa shape index (κ2) is 8.49. The minimum absolute atomic E-state index is 0.168. The smallest absolute Gasteiger partial charge is 0.248 e. The van der Waals surface area contributed by atoms with Gasteiger partial charge >= 0.3 is 0 Å². The number of aryl methyl sites for hydroxylation is 1. The predicted octanol–water partition coefficient (Wildman–Crippen LogP) is 5.02. The largest absolute Gasteiger partial charge is 0.320 e. The van der Waals surface area contributed by atoms with Gasteiger partial charge in [0.2, 0.25) is 5.91 Å². The van der Waals surface area contributed by atoms with Gasteiger partial charge in [-0.15, -0.1) is 0 Å². The molecule has 0 fully saturated rings. The molecule has 0 aliphatic rings. The Hall–Kier alpha value is -3.14. The summed E-state index contributed by atoms with van der Waals surface area (Å²) in [6.07, 6.45) is 6.86. The number of anilines is 1. The van der Waals surface area contributed by atoms with Crippen molar-refractivity contribution in [3.8, 4) is 0 Å². The zero-order valence-electron chi connectivity index (χ0n) is 16.0. The summed E-state index contributed by atoms with van der Waals surface area (Å²) < 4.78 is 1.82. The molecule has 0 unspecified atom stereocenters. The van der Waals surface area contributed by atoms with Gasteiger partial charge in [-0.2, -0.15) is 5.10 Å². The molecule has 3 aromatic rings. The Morgan fingerprint density at radius 3 is 2.67 bits per heavy atom. The first-order valence-electron chi connectivity index (χ1n) is 9.16. The first kappa shape index (κ1) is 18.6. The molecule has 0 spiro atoms. The predicted molar refractivity (Wildman–Crippen MR) is 111 cm³/mol. The maximum Gasteiger partial charge on any atom is 0.248 e. The lowest BCUT2D eigenvalue weighted by Crippen LogP contribution is -2.07. The van der Waals surface area contributed by atoms with Crippen LogP contribution in [0.2, 0.25) is 0 Å². The number of benzene rings is 2. The van der Waals surface area contributed by atoms with Crippen molar-refractivity contribution in [3.63, 3.8) is 0 Å². The Labute approximate surface area is 160 Å². The Balaban J connectivity index is 1.57. The molecule has 0 bridgehead atoms. The van der Waals surface area contributed by atoms with Crippen LogP contribution < -0.4 is 5.32 Å². The molecule has 1 heterocycles. The van der Waals surface area contributed by atoms with E-state index in [9.17, 15) is 4.79 Å². The first-order valence-corrected chi connectivity index (χ1v) is 9.16. The highest BCUT2D eigenvalue weighted by Crippen LogP contribution is 2.15. The van der Waals surface area contributed by atoms with Gasteiger partial charge in [-0.3, -0.25) is 9.48 Å². The fourth-order valence-corrected chi connectivity index (χ4v) is 2.86. The van der Waals surface area contributed by atoms with Crippen molar-refractivity contribution in [2.24, 2.45) is 0 Å². The SMILES string of the molecule is Cc1cccc(Cn2cc(NC(=O)/C=C/c3ccc(C(C)C)cc3)cn2)c1. The minimum atomic E-state index is -0.168. The molecular weight excluding hydrogens is 334 g/mol. The van der Waals surface area contributed by atoms with Crippen LogP contribution in [0.15, 0.2) is 67.0 Å². The molecule has 27 heavy (non-hydrogen) atoms. The van der Waals surface area contributed by atoms with Crippen LogP contribution in [0.5, 0.6) is 0 Å². The van der Waals surface area contributed by atoms with Gasteiger partial charge in [0.05, 0.1) is 18.4 Å². The van der Waals surface area contributed by atoms with E-state index in [1.807, 2.05) is 35.2 Å². The molecule has 3 rings (SSSR count). The third-order valence-electron chi connectivity index (χ3n) is 4.36. The van der Waals surface area contributed by atoms with Crippen molar-refractivity contribution >= 4 is 17.7 Å². The van der Waals surface area contributed by atoms with Crippen molar-refractivity contribution in [2.75, 3.05) is 5.32 Å². The molecule has 0 aliphatic heterocycles. The summed E-state index contributed by atoms with van der Waals surface area (Å²) >= 11 is 0. The molecule has 1 N–H and O–H groups in total. The molecule has 4 heteroatoms. The van der Waals surface area contributed by atoms with Gasteiger partial charge in [0.1, 0.15) is 0 Å². The molecule has 0 radical (unpaired) electrons. The van der Waals surface area contributed by atoms with Crippen molar-refractivity contribution in [1.29, 1.82) is 0 Å². The number of carbonyl (C=O) groups excluding carboxylic acids is 1. The van der Waals surface area contributed by atoms with E-state index in [0.29, 0.717) is 18.2 Å². The van der Waals surface area contributed by atoms with Crippen molar-refractivity contribution < 1.29 is 4.79 Å². The van der Waals surface area contributed by atoms with E-state index in [-0.39, 0.29) is 5.91 Å². The summed E-state index contributed by atoms with van der Waals surface area (Å²) in [4.78, 5) is 12.1. The van der Waals surface area contributed by atoms with E-state index in [2.05, 4.69) is 61.5 Å². The van der Waals surface area contributed by atoms with Crippen LogP contribution in [0.4, 0.5) is 5.69 Å². The lowest BCUT2D eigenvalue weighted by atomic mass is 10.0. The molecule has 1 aromatic heterocycles. The highest BCUT2D eigenvalue weighted by Gasteiger charge is 2.03. The van der Waals surface area contributed by atoms with Crippen LogP contribution in [0.25, 0.3) is 6.08 Å². The second-order valence-electron chi connectivity index (χ2n) is 7.06. The van der Waals surface area contributed by atoms with Crippen LogP contribution in [0.3, 0.4) is 0 Å². The second-order valence-corrected chi connectivity index (χ2v) is 7.06. The highest BCUT2D eigenvalue weighted by atomic mass is 16.1. The molecule has 0 aliphatic carbocycles. The van der Waals surface area contributed by atoms with Gasteiger partial charge < -0.3 is 5.32 Å². The van der Waals surface area contributed by atoms with Crippen molar-refractivity contribution in [1.82, 2.24) is 9.78 Å². The summed E-state index contributed by atoms with van der Waals surface area (Å²) in [5, 5.41) is 7.17. The van der Waals surface area contributed by atoms with Crippen LogP contribution in [-0.4, -0.2) is 15.7 Å². The maximum atomic E-state index is 12.1. The summed E-state index contributed by atoms with van der Waals surface area (Å²) in [5.41, 5.74) is 5.38. The quantitative estimate of drug-likeness (QED) is 0.629. The zero-order valence-corrected chi connectivity index (χ0v) is 16.0. The maximum absolute atomic E-state index is 12.1. The number of amides is 1. The summed E-state index contributed by atoms with van der Waals surface area (Å²) in [5.74, 6) is 0.334. The zero-order chi connectivity index (χ0) is 19.2. The summed E-state index contributed by atoms with van der Waals surface area (Å²) in [6.45, 7) is 7.07. The van der Waals surface area contributed by atoms with E-state index in [1.165, 1.54) is 16.7 Å². The Morgan fingerprint density at radius 2 is 1.96 bits per heavy atom. The molecule has 4 nitrogen and oxygen atoms in total. The van der Waals surface area contributed by atoms with Crippen LogP contribution in [0.1, 0.15) is 42.0 Å². The van der Waals surface area contributed by atoms with E-state index in [1.54, 1.807) is 12.3 Å². The van der Waals surface area contributed by atoms with Gasteiger partial charge in [-0.1, -0.05) is 67.9 Å². The lowest BCUT2D eigenvalue weighted by Gasteiger charge is -2.04. The number of hydrogen-bond donors (Lipinski definition) is 1. The molecule has 0 saturated heterocycles. The Kier molecular flexibility index (Phi) is 5.87. The average molecular weight is 359 g/mol. The van der Waals surface area contributed by atoms with E-state index in [4.69, 9.17) is 0 Å². The Morgan fingerprint density at radius 1 is 1.19 bits per heavy atom. The number of carbonyl (C=O) groups is 1. The molecule has 0 atom stereocenters. The monoisotopic (exact) mass is 359 g/mol. The highest BCUT2D eigenvalue weighted by molar-refractivity contribution is 6.01. The number of nitrogens with zero attached hydrogens (tertiary/aromatic N) is 2. The fourth-order valence-electron chi connectivity index (χ4n) is 2.86. The molecule has 138 valence electrons. The van der Waals surface area contributed by atoms with Gasteiger partial charge in [0, 0.05) is 12.3 Å². The number of aromatic nitrogens is 2. The van der Waals surface area contributed by atoms with Crippen LogP contribution in [0, 0.1) is 6.92 Å². The summed E-state index contributed by atoms with van der Waals surface area (Å²) in [7, 11) is 0. The summed E-state index contributed by atoms with van der Waals surface area (Å²) in [6, 6.07) is 16.6. The molecular formula is C23H25N3O. The van der Waals surface area contributed by atoms with Crippen molar-refractivity contribution in [3.05, 3.63) is 89.3 Å². The normalized spacial score (nSPS) is 11.3. The Bertz CT molecular complexity index is 936. The molecule has 1 amide bonds. The molecule has 0 saturated carbocycles. The topological polar surface area (TPSA) is 46.9 Å². The third-order valence-corrected chi connectivity index (χ3v) is 4.36. The van der Waals surface area contributed by atoms with Gasteiger partial charge in [0.25, 0.3) is 0 Å². The fraction of sp³-hybridized carbons (Fsp3) is 0.217. The minimum Gasteiger partial charge on any atom is -0.320 e. The van der Waals surface area contributed by atoms with Gasteiger partial charge in [0.15, 0.2) is 0 Å². The van der Waals surface area contributed by atoms with Gasteiger partial charge in [-0.25, -0.2) is 0 Å². The average Bonchev–Trinajstić information content (AvgIpc) is 3.07. The van der Waals surface area contributed by atoms with Crippen LogP contribution in [-0.2, 0) is 11.3 Å². The number of nitrogens with one attached hydrogen (secondary N) is 1. The standard InChI is InChI=1S/C23H25N3O/c1-17(2)21-10-7-19(8-11-21)9-12-23(27)25-22-14-24-26(16-22)15-20-6-4-5-18(3)13-20/h4-14,16-17H,15H2,1-3H3,(H,25,27)/b12-9+. The molecule has 2 aromatic carbocycles. The lowest BCUT2D eigenvalue weighted by molar-refractivity contribution is -0.111. The van der Waals surface area contributed by atoms with E-state index in [0.717, 1.165) is 5.56 Å².